The predicted octanol–water partition coefficient (Wildman–Crippen LogP) is 4.82. The Morgan fingerprint density at radius 3 is 2.88 bits per heavy atom. The van der Waals surface area contributed by atoms with Crippen LogP contribution in [0.1, 0.15) is 0 Å². The van der Waals surface area contributed by atoms with Crippen LogP contribution in [0.5, 0.6) is 5.75 Å². The molecule has 2 heterocycles. The number of thioether (sulfide) groups is 1. The van der Waals surface area contributed by atoms with Gasteiger partial charge in [-0.3, -0.25) is 5.32 Å². The number of ether oxygens (including phenoxy) is 1. The molecule has 4 aromatic rings. The first-order chi connectivity index (χ1) is 12.3. The number of thiazole rings is 1. The fraction of sp³-hybridized carbons (Fsp3) is 0.118. The number of nitrogens with zero attached hydrogens (tertiary/aromatic N) is 3. The van der Waals surface area contributed by atoms with E-state index in [4.69, 9.17) is 9.15 Å². The number of aromatic nitrogens is 3. The van der Waals surface area contributed by atoms with Crippen LogP contribution in [-0.4, -0.2) is 28.5 Å². The summed E-state index contributed by atoms with van der Waals surface area (Å²) in [4.78, 5) is 5.77. The Hall–Kier alpha value is -2.58. The van der Waals surface area contributed by atoms with Crippen LogP contribution < -0.4 is 10.1 Å². The van der Waals surface area contributed by atoms with Crippen molar-refractivity contribution >= 4 is 44.5 Å². The normalized spacial score (nSPS) is 11.0. The third kappa shape index (κ3) is 3.18. The highest BCUT2D eigenvalue weighted by molar-refractivity contribution is 7.98. The summed E-state index contributed by atoms with van der Waals surface area (Å²) in [6, 6.07) is 13.9. The highest BCUT2D eigenvalue weighted by atomic mass is 32.2. The summed E-state index contributed by atoms with van der Waals surface area (Å²) in [7, 11) is 1.62. The molecule has 0 fully saturated rings. The van der Waals surface area contributed by atoms with Crippen molar-refractivity contribution in [1.29, 1.82) is 0 Å². The molecule has 2 aromatic heterocycles. The number of fused-ring (bicyclic) bond motifs is 1. The van der Waals surface area contributed by atoms with Crippen LogP contribution in [0.25, 0.3) is 21.7 Å². The molecule has 0 aliphatic rings. The molecule has 0 unspecified atom stereocenters. The highest BCUT2D eigenvalue weighted by Gasteiger charge is 2.12. The monoisotopic (exact) mass is 370 g/mol. The molecule has 0 amide bonds. The van der Waals surface area contributed by atoms with Crippen molar-refractivity contribution in [2.75, 3.05) is 18.7 Å². The molecule has 0 spiro atoms. The van der Waals surface area contributed by atoms with E-state index in [-0.39, 0.29) is 0 Å². The van der Waals surface area contributed by atoms with Gasteiger partial charge in [-0.25, -0.2) is 4.98 Å². The maximum absolute atomic E-state index is 5.70. The largest absolute Gasteiger partial charge is 0.497 e. The van der Waals surface area contributed by atoms with Crippen molar-refractivity contribution in [3.63, 3.8) is 0 Å². The van der Waals surface area contributed by atoms with Gasteiger partial charge in [-0.05, 0) is 36.6 Å². The average Bonchev–Trinajstić information content (AvgIpc) is 3.28. The van der Waals surface area contributed by atoms with E-state index in [2.05, 4.69) is 26.6 Å². The summed E-state index contributed by atoms with van der Waals surface area (Å²) in [6.07, 6.45) is 2.04. The first kappa shape index (κ1) is 15.9. The lowest BCUT2D eigenvalue weighted by Gasteiger charge is -2.00. The molecule has 0 saturated carbocycles. The number of hydrogen-bond acceptors (Lipinski definition) is 8. The van der Waals surface area contributed by atoms with Crippen LogP contribution in [0.2, 0.25) is 0 Å². The van der Waals surface area contributed by atoms with Gasteiger partial charge in [0.1, 0.15) is 5.75 Å². The Kier molecular flexibility index (Phi) is 4.29. The van der Waals surface area contributed by atoms with E-state index >= 15 is 0 Å². The first-order valence-corrected chi connectivity index (χ1v) is 9.49. The molecule has 8 heteroatoms. The van der Waals surface area contributed by atoms with E-state index in [1.807, 2.05) is 42.7 Å². The van der Waals surface area contributed by atoms with E-state index in [9.17, 15) is 0 Å². The van der Waals surface area contributed by atoms with Crippen LogP contribution in [0.15, 0.2) is 51.8 Å². The molecule has 6 nitrogen and oxygen atoms in total. The number of hydrogen-bond donors (Lipinski definition) is 1. The number of rotatable bonds is 5. The maximum atomic E-state index is 5.70. The molecular weight excluding hydrogens is 356 g/mol. The molecule has 1 N–H and O–H groups in total. The fourth-order valence-electron chi connectivity index (χ4n) is 2.38. The highest BCUT2D eigenvalue weighted by Crippen LogP contribution is 2.33. The van der Waals surface area contributed by atoms with Gasteiger partial charge in [0.2, 0.25) is 5.89 Å². The van der Waals surface area contributed by atoms with Crippen molar-refractivity contribution in [1.82, 2.24) is 15.2 Å². The van der Waals surface area contributed by atoms with Crippen molar-refractivity contribution < 1.29 is 9.15 Å². The number of anilines is 2. The minimum absolute atomic E-state index is 0.308. The van der Waals surface area contributed by atoms with Gasteiger partial charge in [-0.1, -0.05) is 28.6 Å². The molecular formula is C17H14N4O2S2. The predicted molar refractivity (Wildman–Crippen MR) is 101 cm³/mol. The lowest BCUT2D eigenvalue weighted by atomic mass is 10.2. The van der Waals surface area contributed by atoms with Crippen LogP contribution >= 0.6 is 23.1 Å². The molecule has 126 valence electrons. The van der Waals surface area contributed by atoms with Crippen molar-refractivity contribution in [2.45, 2.75) is 4.90 Å². The Labute approximate surface area is 152 Å². The Bertz CT molecular complexity index is 1030. The minimum Gasteiger partial charge on any atom is -0.497 e. The number of para-hydroxylation sites is 1. The average molecular weight is 370 g/mol. The van der Waals surface area contributed by atoms with Gasteiger partial charge >= 0.3 is 6.01 Å². The fourth-order valence-corrected chi connectivity index (χ4v) is 3.89. The zero-order valence-electron chi connectivity index (χ0n) is 13.5. The second kappa shape index (κ2) is 6.73. The molecule has 2 aromatic carbocycles. The lowest BCUT2D eigenvalue weighted by Crippen LogP contribution is -1.88. The topological polar surface area (TPSA) is 73.1 Å². The maximum Gasteiger partial charge on any atom is 0.322 e. The van der Waals surface area contributed by atoms with Gasteiger partial charge in [0.05, 0.1) is 17.3 Å². The smallest absolute Gasteiger partial charge is 0.322 e. The molecule has 0 bridgehead atoms. The van der Waals surface area contributed by atoms with Crippen LogP contribution in [0.4, 0.5) is 11.1 Å². The summed E-state index contributed by atoms with van der Waals surface area (Å²) >= 11 is 3.23. The summed E-state index contributed by atoms with van der Waals surface area (Å²) in [5.74, 6) is 1.16. The zero-order chi connectivity index (χ0) is 17.2. The SMILES string of the molecule is COc1cccc(-c2nnc(Nc3nc4c(SC)cccc4s3)o2)c1. The van der Waals surface area contributed by atoms with Gasteiger partial charge in [0.25, 0.3) is 0 Å². The van der Waals surface area contributed by atoms with Crippen molar-refractivity contribution in [2.24, 2.45) is 0 Å². The van der Waals surface area contributed by atoms with E-state index < -0.39 is 0 Å². The summed E-state index contributed by atoms with van der Waals surface area (Å²) in [6.45, 7) is 0. The lowest BCUT2D eigenvalue weighted by molar-refractivity contribution is 0.415. The van der Waals surface area contributed by atoms with E-state index in [0.29, 0.717) is 11.9 Å². The number of methoxy groups -OCH3 is 1. The van der Waals surface area contributed by atoms with Crippen LogP contribution in [-0.2, 0) is 0 Å². The van der Waals surface area contributed by atoms with Crippen molar-refractivity contribution in [3.05, 3.63) is 42.5 Å². The Morgan fingerprint density at radius 2 is 2.04 bits per heavy atom. The van der Waals surface area contributed by atoms with Crippen LogP contribution in [0, 0.1) is 0 Å². The van der Waals surface area contributed by atoms with E-state index in [1.165, 1.54) is 0 Å². The van der Waals surface area contributed by atoms with Crippen molar-refractivity contribution in [3.8, 4) is 17.2 Å². The van der Waals surface area contributed by atoms with Gasteiger partial charge in [0.15, 0.2) is 5.13 Å². The Morgan fingerprint density at radius 1 is 1.16 bits per heavy atom. The molecule has 0 aliphatic carbocycles. The van der Waals surface area contributed by atoms with E-state index in [0.717, 1.165) is 31.6 Å². The van der Waals surface area contributed by atoms with Gasteiger partial charge in [-0.2, -0.15) is 0 Å². The number of benzene rings is 2. The van der Waals surface area contributed by atoms with Gasteiger partial charge in [-0.15, -0.1) is 16.9 Å². The second-order valence-corrected chi connectivity index (χ2v) is 6.97. The number of nitrogens with one attached hydrogen (secondary N) is 1. The summed E-state index contributed by atoms with van der Waals surface area (Å²) in [5, 5.41) is 11.9. The molecule has 25 heavy (non-hydrogen) atoms. The van der Waals surface area contributed by atoms with E-state index in [1.54, 1.807) is 30.2 Å². The third-order valence-electron chi connectivity index (χ3n) is 3.56. The second-order valence-electron chi connectivity index (χ2n) is 5.10. The Balaban J connectivity index is 1.61. The zero-order valence-corrected chi connectivity index (χ0v) is 15.1. The van der Waals surface area contributed by atoms with Crippen LogP contribution in [0.3, 0.4) is 0 Å². The quantitative estimate of drug-likeness (QED) is 0.505. The third-order valence-corrected chi connectivity index (χ3v) is 5.26. The molecule has 0 radical (unpaired) electrons. The molecule has 0 saturated heterocycles. The molecule has 4 rings (SSSR count). The summed E-state index contributed by atoms with van der Waals surface area (Å²) in [5.41, 5.74) is 1.78. The molecule has 0 aliphatic heterocycles. The summed E-state index contributed by atoms with van der Waals surface area (Å²) < 4.78 is 12.0. The standard InChI is InChI=1S/C17H14N4O2S2/c1-22-11-6-3-5-10(9-11)15-20-21-16(23-15)19-17-18-14-12(24-2)7-4-8-13(14)25-17/h3-9H,1-2H3,(H,18,19,21). The minimum atomic E-state index is 0.308. The van der Waals surface area contributed by atoms with Gasteiger partial charge < -0.3 is 9.15 Å². The van der Waals surface area contributed by atoms with Gasteiger partial charge in [0, 0.05) is 10.5 Å². The first-order valence-electron chi connectivity index (χ1n) is 7.45. The molecule has 0 atom stereocenters.